The molecular weight excluding hydrogens is 442 g/mol. The highest BCUT2D eigenvalue weighted by atomic mass is 19.1. The molecular formula is C25H26F2N4O3. The topological polar surface area (TPSA) is 79.9 Å². The highest BCUT2D eigenvalue weighted by Crippen LogP contribution is 2.32. The van der Waals surface area contributed by atoms with E-state index in [1.807, 2.05) is 19.1 Å². The van der Waals surface area contributed by atoms with Crippen molar-refractivity contribution >= 4 is 11.7 Å². The van der Waals surface area contributed by atoms with E-state index < -0.39 is 29.4 Å². The number of halogens is 2. The van der Waals surface area contributed by atoms with Gasteiger partial charge >= 0.3 is 6.09 Å². The fourth-order valence-electron chi connectivity index (χ4n) is 4.01. The van der Waals surface area contributed by atoms with E-state index >= 15 is 0 Å². The van der Waals surface area contributed by atoms with Gasteiger partial charge in [-0.3, -0.25) is 0 Å². The van der Waals surface area contributed by atoms with E-state index in [2.05, 4.69) is 4.98 Å². The number of morpholine rings is 1. The molecule has 2 aromatic heterocycles. The predicted octanol–water partition coefficient (Wildman–Crippen LogP) is 4.64. The number of aryl methyl sites for hydroxylation is 1. The Morgan fingerprint density at radius 1 is 1.29 bits per heavy atom. The summed E-state index contributed by atoms with van der Waals surface area (Å²) in [5.41, 5.74) is 1.15. The molecule has 3 aromatic rings. The highest BCUT2D eigenvalue weighted by Gasteiger charge is 2.30. The van der Waals surface area contributed by atoms with Crippen LogP contribution >= 0.6 is 0 Å². The first-order valence-corrected chi connectivity index (χ1v) is 11.0. The van der Waals surface area contributed by atoms with E-state index in [1.54, 1.807) is 42.3 Å². The first-order chi connectivity index (χ1) is 16.1. The fraction of sp³-hybridized carbons (Fsp3) is 0.400. The Morgan fingerprint density at radius 3 is 2.65 bits per heavy atom. The number of carbonyl (C=O) groups is 1. The Balaban J connectivity index is 1.72. The third-order valence-corrected chi connectivity index (χ3v) is 5.50. The third kappa shape index (κ3) is 4.87. The van der Waals surface area contributed by atoms with Gasteiger partial charge in [-0.05, 0) is 57.5 Å². The van der Waals surface area contributed by atoms with Crippen LogP contribution in [0.2, 0.25) is 0 Å². The average Bonchev–Trinajstić information content (AvgIpc) is 3.09. The smallest absolute Gasteiger partial charge is 0.410 e. The van der Waals surface area contributed by atoms with Gasteiger partial charge in [0.25, 0.3) is 0 Å². The summed E-state index contributed by atoms with van der Waals surface area (Å²) in [5.74, 6) is -1.73. The van der Waals surface area contributed by atoms with E-state index in [4.69, 9.17) is 14.7 Å². The molecule has 0 saturated carbocycles. The zero-order chi connectivity index (χ0) is 24.6. The van der Waals surface area contributed by atoms with Gasteiger partial charge in [0, 0.05) is 19.2 Å². The molecule has 1 aliphatic rings. The minimum atomic E-state index is -0.863. The Bertz CT molecular complexity index is 1270. The number of benzene rings is 1. The number of nitriles is 1. The molecule has 1 atom stereocenters. The molecule has 1 amide bonds. The van der Waals surface area contributed by atoms with Gasteiger partial charge in [-0.1, -0.05) is 0 Å². The predicted molar refractivity (Wildman–Crippen MR) is 121 cm³/mol. The average molecular weight is 469 g/mol. The zero-order valence-electron chi connectivity index (χ0n) is 19.6. The van der Waals surface area contributed by atoms with Crippen molar-refractivity contribution in [2.24, 2.45) is 0 Å². The van der Waals surface area contributed by atoms with Gasteiger partial charge in [0.1, 0.15) is 22.9 Å². The van der Waals surface area contributed by atoms with Crippen LogP contribution in [0.3, 0.4) is 0 Å². The van der Waals surface area contributed by atoms with Crippen molar-refractivity contribution in [3.63, 3.8) is 0 Å². The van der Waals surface area contributed by atoms with Crippen LogP contribution in [-0.2, 0) is 15.9 Å². The van der Waals surface area contributed by atoms with Gasteiger partial charge < -0.3 is 18.8 Å². The van der Waals surface area contributed by atoms with Crippen LogP contribution in [0.5, 0.6) is 0 Å². The molecule has 178 valence electrons. The SMILES string of the molecule is Cc1ccn2c(C[C@H]3CN(C(=O)OC(C)(C)C)CCO3)c(-c3c(F)cc(C#N)cc3F)nc2c1. The van der Waals surface area contributed by atoms with Gasteiger partial charge in [-0.25, -0.2) is 18.6 Å². The second-order valence-electron chi connectivity index (χ2n) is 9.39. The number of aromatic nitrogens is 2. The van der Waals surface area contributed by atoms with E-state index in [-0.39, 0.29) is 29.8 Å². The summed E-state index contributed by atoms with van der Waals surface area (Å²) in [7, 11) is 0. The number of amides is 1. The third-order valence-electron chi connectivity index (χ3n) is 5.50. The lowest BCUT2D eigenvalue weighted by atomic mass is 10.0. The molecule has 1 aliphatic heterocycles. The first kappa shape index (κ1) is 23.6. The summed E-state index contributed by atoms with van der Waals surface area (Å²) >= 11 is 0. The number of hydrogen-bond donors (Lipinski definition) is 0. The van der Waals surface area contributed by atoms with Gasteiger partial charge in [0.2, 0.25) is 0 Å². The van der Waals surface area contributed by atoms with E-state index in [0.29, 0.717) is 24.5 Å². The van der Waals surface area contributed by atoms with Crippen molar-refractivity contribution < 1.29 is 23.0 Å². The van der Waals surface area contributed by atoms with E-state index in [1.165, 1.54) is 0 Å². The van der Waals surface area contributed by atoms with E-state index in [9.17, 15) is 13.6 Å². The lowest BCUT2D eigenvalue weighted by Crippen LogP contribution is -2.48. The minimum Gasteiger partial charge on any atom is -0.444 e. The summed E-state index contributed by atoms with van der Waals surface area (Å²) in [6.45, 7) is 8.28. The second kappa shape index (κ2) is 9.03. The van der Waals surface area contributed by atoms with Crippen molar-refractivity contribution in [1.29, 1.82) is 5.26 Å². The van der Waals surface area contributed by atoms with Crippen molar-refractivity contribution in [3.05, 3.63) is 58.9 Å². The van der Waals surface area contributed by atoms with Crippen LogP contribution in [0.4, 0.5) is 13.6 Å². The van der Waals surface area contributed by atoms with Crippen molar-refractivity contribution in [2.45, 2.75) is 45.8 Å². The first-order valence-electron chi connectivity index (χ1n) is 11.0. The minimum absolute atomic E-state index is 0.108. The number of pyridine rings is 1. The Labute approximate surface area is 196 Å². The quantitative estimate of drug-likeness (QED) is 0.560. The zero-order valence-corrected chi connectivity index (χ0v) is 19.6. The molecule has 1 fully saturated rings. The summed E-state index contributed by atoms with van der Waals surface area (Å²) < 4.78 is 43.0. The fourth-order valence-corrected chi connectivity index (χ4v) is 4.01. The molecule has 0 N–H and O–H groups in total. The number of carbonyl (C=O) groups excluding carboxylic acids is 1. The maximum atomic E-state index is 14.9. The molecule has 34 heavy (non-hydrogen) atoms. The molecule has 1 saturated heterocycles. The Morgan fingerprint density at radius 2 is 2.00 bits per heavy atom. The van der Waals surface area contributed by atoms with Crippen LogP contribution < -0.4 is 0 Å². The molecule has 1 aromatic carbocycles. The molecule has 0 bridgehead atoms. The number of hydrogen-bond acceptors (Lipinski definition) is 5. The maximum Gasteiger partial charge on any atom is 0.410 e. The molecule has 9 heteroatoms. The number of imidazole rings is 1. The van der Waals surface area contributed by atoms with Crippen LogP contribution in [0.1, 0.15) is 37.6 Å². The van der Waals surface area contributed by atoms with Gasteiger partial charge in [-0.15, -0.1) is 0 Å². The summed E-state index contributed by atoms with van der Waals surface area (Å²) in [6, 6.07) is 7.45. The molecule has 0 aliphatic carbocycles. The number of nitrogens with zero attached hydrogens (tertiary/aromatic N) is 4. The maximum absolute atomic E-state index is 14.9. The molecule has 0 spiro atoms. The highest BCUT2D eigenvalue weighted by molar-refractivity contribution is 5.70. The molecule has 0 unspecified atom stereocenters. The summed E-state index contributed by atoms with van der Waals surface area (Å²) in [6.07, 6.45) is 1.20. The van der Waals surface area contributed by atoms with Gasteiger partial charge in [0.05, 0.1) is 47.8 Å². The molecule has 4 rings (SSSR count). The Hall–Kier alpha value is -3.51. The lowest BCUT2D eigenvalue weighted by Gasteiger charge is -2.34. The summed E-state index contributed by atoms with van der Waals surface area (Å²) in [4.78, 5) is 18.7. The molecule has 0 radical (unpaired) electrons. The molecule has 7 nitrogen and oxygen atoms in total. The van der Waals surface area contributed by atoms with Crippen LogP contribution in [0, 0.1) is 29.9 Å². The van der Waals surface area contributed by atoms with Crippen LogP contribution in [-0.4, -0.2) is 51.8 Å². The second-order valence-corrected chi connectivity index (χ2v) is 9.39. The van der Waals surface area contributed by atoms with Crippen molar-refractivity contribution in [2.75, 3.05) is 19.7 Å². The van der Waals surface area contributed by atoms with Gasteiger partial charge in [-0.2, -0.15) is 5.26 Å². The van der Waals surface area contributed by atoms with Gasteiger partial charge in [0.15, 0.2) is 0 Å². The lowest BCUT2D eigenvalue weighted by molar-refractivity contribution is -0.0418. The standard InChI is InChI=1S/C25H26F2N4O3/c1-15-5-6-31-20(12-17-14-30(7-8-33-17)24(32)34-25(2,3)4)23(29-21(31)9-15)22-18(26)10-16(13-28)11-19(22)27/h5-6,9-11,17H,7-8,12,14H2,1-4H3/t17-/m0/s1. The van der Waals surface area contributed by atoms with Crippen molar-refractivity contribution in [1.82, 2.24) is 14.3 Å². The van der Waals surface area contributed by atoms with E-state index in [0.717, 1.165) is 17.7 Å². The number of ether oxygens (including phenoxy) is 2. The van der Waals surface area contributed by atoms with Crippen LogP contribution in [0.25, 0.3) is 16.9 Å². The normalized spacial score (nSPS) is 16.5. The summed E-state index contributed by atoms with van der Waals surface area (Å²) in [5, 5.41) is 9.04. The monoisotopic (exact) mass is 468 g/mol. The number of fused-ring (bicyclic) bond motifs is 1. The number of rotatable bonds is 3. The molecule has 3 heterocycles. The van der Waals surface area contributed by atoms with Crippen LogP contribution in [0.15, 0.2) is 30.5 Å². The largest absolute Gasteiger partial charge is 0.444 e. The van der Waals surface area contributed by atoms with Crippen molar-refractivity contribution in [3.8, 4) is 17.3 Å². The Kier molecular flexibility index (Phi) is 6.28.